The summed E-state index contributed by atoms with van der Waals surface area (Å²) < 4.78 is 0. The summed E-state index contributed by atoms with van der Waals surface area (Å²) in [7, 11) is 0. The predicted octanol–water partition coefficient (Wildman–Crippen LogP) is 3.07. The minimum Gasteiger partial charge on any atom is -0.142 e. The number of thioether (sulfide) groups is 2. The molecule has 2 aromatic rings. The molecule has 2 nitrogen and oxygen atoms in total. The lowest BCUT2D eigenvalue weighted by Crippen LogP contribution is -1.90. The van der Waals surface area contributed by atoms with Gasteiger partial charge in [-0.05, 0) is 12.5 Å². The van der Waals surface area contributed by atoms with Crippen molar-refractivity contribution in [2.45, 2.75) is 10.1 Å². The fourth-order valence-corrected chi connectivity index (χ4v) is 2.40. The van der Waals surface area contributed by atoms with Crippen LogP contribution in [0.25, 0.3) is 10.8 Å². The number of rotatable bonds is 2. The molecule has 0 saturated carbocycles. The predicted molar refractivity (Wildman–Crippen MR) is 63.1 cm³/mol. The summed E-state index contributed by atoms with van der Waals surface area (Å²) in [6, 6.07) is 8.26. The third-order valence-electron chi connectivity index (χ3n) is 2.01. The molecule has 0 radical (unpaired) electrons. The standard InChI is InChI=1S/C10H10N2S2/c1-13-9-7-5-3-4-6-8(7)10(14-2)12-11-9/h3-6H,1-2H3. The fraction of sp³-hybridized carbons (Fsp3) is 0.200. The topological polar surface area (TPSA) is 25.8 Å². The van der Waals surface area contributed by atoms with Crippen LogP contribution in [-0.2, 0) is 0 Å². The van der Waals surface area contributed by atoms with Gasteiger partial charge in [0.15, 0.2) is 0 Å². The highest BCUT2D eigenvalue weighted by molar-refractivity contribution is 7.99. The molecule has 0 N–H and O–H groups in total. The average molecular weight is 222 g/mol. The number of benzene rings is 1. The molecule has 1 aromatic heterocycles. The van der Waals surface area contributed by atoms with Crippen LogP contribution >= 0.6 is 23.5 Å². The normalized spacial score (nSPS) is 10.7. The van der Waals surface area contributed by atoms with Gasteiger partial charge in [-0.2, -0.15) is 0 Å². The summed E-state index contributed by atoms with van der Waals surface area (Å²) in [5.41, 5.74) is 0. The van der Waals surface area contributed by atoms with Crippen molar-refractivity contribution in [1.82, 2.24) is 10.2 Å². The number of fused-ring (bicyclic) bond motifs is 1. The van der Waals surface area contributed by atoms with E-state index in [1.165, 1.54) is 10.8 Å². The second kappa shape index (κ2) is 4.19. The Morgan fingerprint density at radius 3 is 1.64 bits per heavy atom. The molecule has 0 unspecified atom stereocenters. The van der Waals surface area contributed by atoms with E-state index in [9.17, 15) is 0 Å². The molecule has 2 rings (SSSR count). The van der Waals surface area contributed by atoms with E-state index in [4.69, 9.17) is 0 Å². The third-order valence-corrected chi connectivity index (χ3v) is 3.38. The molecule has 0 bridgehead atoms. The van der Waals surface area contributed by atoms with Crippen molar-refractivity contribution in [3.8, 4) is 0 Å². The van der Waals surface area contributed by atoms with Gasteiger partial charge in [-0.25, -0.2) is 0 Å². The minimum absolute atomic E-state index is 0.999. The van der Waals surface area contributed by atoms with E-state index >= 15 is 0 Å². The van der Waals surface area contributed by atoms with Crippen LogP contribution in [0.1, 0.15) is 0 Å². The van der Waals surface area contributed by atoms with Crippen molar-refractivity contribution in [1.29, 1.82) is 0 Å². The molecule has 72 valence electrons. The molecular formula is C10H10N2S2. The molecule has 0 spiro atoms. The highest BCUT2D eigenvalue weighted by atomic mass is 32.2. The Balaban J connectivity index is 2.78. The van der Waals surface area contributed by atoms with Crippen LogP contribution in [0.2, 0.25) is 0 Å². The van der Waals surface area contributed by atoms with Gasteiger partial charge in [0.1, 0.15) is 10.1 Å². The molecular weight excluding hydrogens is 212 g/mol. The van der Waals surface area contributed by atoms with E-state index in [2.05, 4.69) is 22.3 Å². The van der Waals surface area contributed by atoms with E-state index in [1.54, 1.807) is 23.5 Å². The van der Waals surface area contributed by atoms with Crippen LogP contribution in [0, 0.1) is 0 Å². The zero-order valence-corrected chi connectivity index (χ0v) is 9.65. The molecule has 0 aliphatic heterocycles. The van der Waals surface area contributed by atoms with Crippen molar-refractivity contribution in [2.24, 2.45) is 0 Å². The van der Waals surface area contributed by atoms with E-state index in [-0.39, 0.29) is 0 Å². The van der Waals surface area contributed by atoms with Crippen molar-refractivity contribution >= 4 is 34.3 Å². The number of nitrogens with zero attached hydrogens (tertiary/aromatic N) is 2. The Labute approximate surface area is 91.5 Å². The van der Waals surface area contributed by atoms with Crippen molar-refractivity contribution in [2.75, 3.05) is 12.5 Å². The van der Waals surface area contributed by atoms with E-state index in [0.717, 1.165) is 10.1 Å². The number of aromatic nitrogens is 2. The monoisotopic (exact) mass is 222 g/mol. The molecule has 1 heterocycles. The van der Waals surface area contributed by atoms with Gasteiger partial charge in [-0.3, -0.25) is 0 Å². The summed E-state index contributed by atoms with van der Waals surface area (Å²) in [5.74, 6) is 0. The molecule has 14 heavy (non-hydrogen) atoms. The maximum absolute atomic E-state index is 4.19. The summed E-state index contributed by atoms with van der Waals surface area (Å²) in [6.45, 7) is 0. The lowest BCUT2D eigenvalue weighted by Gasteiger charge is -2.04. The molecule has 1 aromatic carbocycles. The van der Waals surface area contributed by atoms with Crippen LogP contribution < -0.4 is 0 Å². The molecule has 4 heteroatoms. The SMILES string of the molecule is CSc1nnc(SC)c2ccccc12. The van der Waals surface area contributed by atoms with Crippen LogP contribution in [0.5, 0.6) is 0 Å². The molecule has 0 amide bonds. The number of hydrogen-bond donors (Lipinski definition) is 0. The van der Waals surface area contributed by atoms with E-state index in [0.29, 0.717) is 0 Å². The molecule has 0 fully saturated rings. The van der Waals surface area contributed by atoms with Crippen LogP contribution in [-0.4, -0.2) is 22.7 Å². The first-order valence-corrected chi connectivity index (χ1v) is 6.65. The highest BCUT2D eigenvalue weighted by Crippen LogP contribution is 2.28. The Bertz CT molecular complexity index is 414. The largest absolute Gasteiger partial charge is 0.142 e. The van der Waals surface area contributed by atoms with Crippen molar-refractivity contribution in [3.05, 3.63) is 24.3 Å². The molecule has 0 aliphatic carbocycles. The first kappa shape index (κ1) is 9.80. The summed E-state index contributed by atoms with van der Waals surface area (Å²) >= 11 is 3.27. The van der Waals surface area contributed by atoms with Gasteiger partial charge < -0.3 is 0 Å². The quantitative estimate of drug-likeness (QED) is 0.729. The van der Waals surface area contributed by atoms with Crippen LogP contribution in [0.4, 0.5) is 0 Å². The lowest BCUT2D eigenvalue weighted by molar-refractivity contribution is 0.888. The van der Waals surface area contributed by atoms with E-state index in [1.807, 2.05) is 24.6 Å². The lowest BCUT2D eigenvalue weighted by atomic mass is 10.2. The number of hydrogen-bond acceptors (Lipinski definition) is 4. The highest BCUT2D eigenvalue weighted by Gasteiger charge is 2.06. The first-order chi connectivity index (χ1) is 6.86. The summed E-state index contributed by atoms with van der Waals surface area (Å²) in [5, 5.41) is 12.8. The molecule has 0 atom stereocenters. The average Bonchev–Trinajstić information content (AvgIpc) is 2.27. The fourth-order valence-electron chi connectivity index (χ4n) is 1.36. The maximum Gasteiger partial charge on any atom is 0.126 e. The van der Waals surface area contributed by atoms with Gasteiger partial charge in [0, 0.05) is 10.8 Å². The van der Waals surface area contributed by atoms with Gasteiger partial charge >= 0.3 is 0 Å². The van der Waals surface area contributed by atoms with Gasteiger partial charge in [0.2, 0.25) is 0 Å². The Morgan fingerprint density at radius 1 is 0.857 bits per heavy atom. The van der Waals surface area contributed by atoms with Gasteiger partial charge in [-0.15, -0.1) is 33.7 Å². The van der Waals surface area contributed by atoms with Crippen molar-refractivity contribution < 1.29 is 0 Å². The Hall–Kier alpha value is -0.740. The minimum atomic E-state index is 0.999. The van der Waals surface area contributed by atoms with E-state index < -0.39 is 0 Å². The third kappa shape index (κ3) is 1.60. The van der Waals surface area contributed by atoms with Crippen LogP contribution in [0.3, 0.4) is 0 Å². The van der Waals surface area contributed by atoms with Gasteiger partial charge in [0.05, 0.1) is 0 Å². The van der Waals surface area contributed by atoms with Crippen molar-refractivity contribution in [3.63, 3.8) is 0 Å². The summed E-state index contributed by atoms with van der Waals surface area (Å²) in [4.78, 5) is 0. The van der Waals surface area contributed by atoms with Crippen LogP contribution in [0.15, 0.2) is 34.3 Å². The Morgan fingerprint density at radius 2 is 1.29 bits per heavy atom. The first-order valence-electron chi connectivity index (χ1n) is 4.20. The van der Waals surface area contributed by atoms with Gasteiger partial charge in [0.25, 0.3) is 0 Å². The zero-order valence-electron chi connectivity index (χ0n) is 8.02. The maximum atomic E-state index is 4.19. The summed E-state index contributed by atoms with van der Waals surface area (Å²) in [6.07, 6.45) is 4.05. The zero-order chi connectivity index (χ0) is 9.97. The smallest absolute Gasteiger partial charge is 0.126 e. The Kier molecular flexibility index (Phi) is 2.93. The second-order valence-corrected chi connectivity index (χ2v) is 4.35. The molecule has 0 aliphatic rings. The second-order valence-electron chi connectivity index (χ2n) is 2.76. The van der Waals surface area contributed by atoms with Gasteiger partial charge in [-0.1, -0.05) is 24.3 Å². The molecule has 0 saturated heterocycles.